The van der Waals surface area contributed by atoms with Crippen molar-refractivity contribution in [2.45, 2.75) is 18.7 Å². The zero-order valence-electron chi connectivity index (χ0n) is 21.1. The Labute approximate surface area is 222 Å². The second-order valence-electron chi connectivity index (χ2n) is 9.19. The van der Waals surface area contributed by atoms with Crippen molar-refractivity contribution in [1.29, 1.82) is 0 Å². The van der Waals surface area contributed by atoms with Crippen LogP contribution in [0.3, 0.4) is 0 Å². The van der Waals surface area contributed by atoms with Crippen molar-refractivity contribution in [2.24, 2.45) is 5.10 Å². The highest BCUT2D eigenvalue weighted by Gasteiger charge is 2.27. The van der Waals surface area contributed by atoms with Crippen molar-refractivity contribution in [3.8, 4) is 0 Å². The van der Waals surface area contributed by atoms with Crippen LogP contribution in [0.1, 0.15) is 16.7 Å². The van der Waals surface area contributed by atoms with Crippen LogP contribution in [0.25, 0.3) is 21.5 Å². The SMILES string of the molecule is Cc1ccc(N(CC(=O)N/N=C\c2c3ccccc3cc3ccccc23)S(=O)(=O)c2ccc(C)cc2)cc1. The summed E-state index contributed by atoms with van der Waals surface area (Å²) in [5.41, 5.74) is 5.73. The van der Waals surface area contributed by atoms with Gasteiger partial charge >= 0.3 is 0 Å². The summed E-state index contributed by atoms with van der Waals surface area (Å²) in [5.74, 6) is -0.554. The molecule has 0 saturated carbocycles. The number of anilines is 1. The topological polar surface area (TPSA) is 78.8 Å². The standard InChI is InChI=1S/C31H27N3O3S/c1-22-11-15-26(16-12-22)34(38(36,37)27-17-13-23(2)14-18-27)21-31(35)33-32-20-30-28-9-5-3-7-24(28)19-25-8-4-6-10-29(25)30/h3-20H,21H2,1-2H3,(H,33,35)/b32-20-. The van der Waals surface area contributed by atoms with Crippen LogP contribution in [-0.4, -0.2) is 27.1 Å². The van der Waals surface area contributed by atoms with Gasteiger partial charge in [0.1, 0.15) is 6.54 Å². The number of aryl methyl sites for hydroxylation is 2. The molecule has 0 aliphatic rings. The summed E-state index contributed by atoms with van der Waals surface area (Å²) in [6.07, 6.45) is 1.62. The summed E-state index contributed by atoms with van der Waals surface area (Å²) >= 11 is 0. The Morgan fingerprint density at radius 3 is 1.89 bits per heavy atom. The summed E-state index contributed by atoms with van der Waals surface area (Å²) in [5, 5.41) is 8.36. The summed E-state index contributed by atoms with van der Waals surface area (Å²) in [7, 11) is -3.99. The van der Waals surface area contributed by atoms with Crippen LogP contribution >= 0.6 is 0 Å². The molecule has 0 unspecified atom stereocenters. The average molecular weight is 522 g/mol. The molecule has 0 heterocycles. The number of hydrogen-bond acceptors (Lipinski definition) is 4. The number of nitrogens with one attached hydrogen (secondary N) is 1. The van der Waals surface area contributed by atoms with Gasteiger partial charge in [-0.05, 0) is 65.7 Å². The number of benzene rings is 5. The highest BCUT2D eigenvalue weighted by Crippen LogP contribution is 2.27. The molecule has 0 bridgehead atoms. The number of hydrazone groups is 1. The van der Waals surface area contributed by atoms with Gasteiger partial charge < -0.3 is 0 Å². The van der Waals surface area contributed by atoms with E-state index in [4.69, 9.17) is 0 Å². The van der Waals surface area contributed by atoms with Gasteiger partial charge in [0, 0.05) is 5.56 Å². The van der Waals surface area contributed by atoms with Crippen molar-refractivity contribution in [3.63, 3.8) is 0 Å². The van der Waals surface area contributed by atoms with Gasteiger partial charge in [0.05, 0.1) is 16.8 Å². The van der Waals surface area contributed by atoms with Crippen LogP contribution < -0.4 is 9.73 Å². The molecule has 5 aromatic rings. The number of carbonyl (C=O) groups is 1. The van der Waals surface area contributed by atoms with Crippen LogP contribution in [0.5, 0.6) is 0 Å². The maximum Gasteiger partial charge on any atom is 0.264 e. The molecule has 0 radical (unpaired) electrons. The second kappa shape index (κ2) is 10.5. The first-order valence-electron chi connectivity index (χ1n) is 12.2. The minimum Gasteiger partial charge on any atom is -0.271 e. The number of fused-ring (bicyclic) bond motifs is 2. The average Bonchev–Trinajstić information content (AvgIpc) is 2.92. The minimum absolute atomic E-state index is 0.113. The predicted octanol–water partition coefficient (Wildman–Crippen LogP) is 5.96. The number of amides is 1. The monoisotopic (exact) mass is 521 g/mol. The number of sulfonamides is 1. The van der Waals surface area contributed by atoms with E-state index in [-0.39, 0.29) is 4.90 Å². The molecule has 0 fully saturated rings. The largest absolute Gasteiger partial charge is 0.271 e. The number of hydrogen-bond donors (Lipinski definition) is 1. The first-order chi connectivity index (χ1) is 18.3. The lowest BCUT2D eigenvalue weighted by atomic mass is 9.97. The molecule has 0 aliphatic carbocycles. The Hall–Kier alpha value is -4.49. The summed E-state index contributed by atoms with van der Waals surface area (Å²) in [6, 6.07) is 31.7. The Morgan fingerprint density at radius 2 is 1.32 bits per heavy atom. The highest BCUT2D eigenvalue weighted by atomic mass is 32.2. The molecule has 0 atom stereocenters. The fraction of sp³-hybridized carbons (Fsp3) is 0.0968. The van der Waals surface area contributed by atoms with E-state index in [1.54, 1.807) is 42.6 Å². The van der Waals surface area contributed by atoms with Crippen molar-refractivity contribution in [1.82, 2.24) is 5.43 Å². The zero-order valence-corrected chi connectivity index (χ0v) is 21.9. The lowest BCUT2D eigenvalue weighted by Crippen LogP contribution is -2.39. The molecule has 6 nitrogen and oxygen atoms in total. The molecule has 5 rings (SSSR count). The molecule has 190 valence electrons. The molecule has 1 amide bonds. The van der Waals surface area contributed by atoms with Gasteiger partial charge in [-0.3, -0.25) is 9.10 Å². The Kier molecular flexibility index (Phi) is 6.94. The van der Waals surface area contributed by atoms with Gasteiger partial charge in [0.2, 0.25) is 0 Å². The number of nitrogens with zero attached hydrogens (tertiary/aromatic N) is 2. The van der Waals surface area contributed by atoms with E-state index in [9.17, 15) is 13.2 Å². The van der Waals surface area contributed by atoms with E-state index in [2.05, 4.69) is 16.6 Å². The third-order valence-electron chi connectivity index (χ3n) is 6.41. The van der Waals surface area contributed by atoms with Gasteiger partial charge in [0.25, 0.3) is 15.9 Å². The molecule has 38 heavy (non-hydrogen) atoms. The van der Waals surface area contributed by atoms with Crippen molar-refractivity contribution < 1.29 is 13.2 Å². The van der Waals surface area contributed by atoms with E-state index in [0.29, 0.717) is 5.69 Å². The number of rotatable bonds is 7. The van der Waals surface area contributed by atoms with E-state index in [0.717, 1.165) is 42.5 Å². The van der Waals surface area contributed by atoms with Crippen LogP contribution in [0.2, 0.25) is 0 Å². The minimum atomic E-state index is -3.99. The van der Waals surface area contributed by atoms with Gasteiger partial charge in [-0.2, -0.15) is 5.10 Å². The van der Waals surface area contributed by atoms with Crippen molar-refractivity contribution >= 4 is 49.4 Å². The maximum absolute atomic E-state index is 13.6. The van der Waals surface area contributed by atoms with E-state index < -0.39 is 22.5 Å². The third-order valence-corrected chi connectivity index (χ3v) is 8.20. The van der Waals surface area contributed by atoms with Crippen molar-refractivity contribution in [3.05, 3.63) is 120 Å². The van der Waals surface area contributed by atoms with Crippen molar-refractivity contribution in [2.75, 3.05) is 10.8 Å². The molecule has 1 N–H and O–H groups in total. The van der Waals surface area contributed by atoms with E-state index >= 15 is 0 Å². The Bertz CT molecular complexity index is 1710. The summed E-state index contributed by atoms with van der Waals surface area (Å²) in [6.45, 7) is 3.38. The van der Waals surface area contributed by atoms with Crippen LogP contribution in [-0.2, 0) is 14.8 Å². The molecule has 7 heteroatoms. The quantitative estimate of drug-likeness (QED) is 0.163. The normalized spacial score (nSPS) is 11.7. The summed E-state index contributed by atoms with van der Waals surface area (Å²) < 4.78 is 28.2. The first kappa shape index (κ1) is 25.2. The molecule has 0 saturated heterocycles. The smallest absolute Gasteiger partial charge is 0.264 e. The third kappa shape index (κ3) is 5.14. The second-order valence-corrected chi connectivity index (χ2v) is 11.0. The van der Waals surface area contributed by atoms with Gasteiger partial charge in [-0.15, -0.1) is 0 Å². The molecular weight excluding hydrogens is 494 g/mol. The fourth-order valence-corrected chi connectivity index (χ4v) is 5.81. The highest BCUT2D eigenvalue weighted by molar-refractivity contribution is 7.92. The van der Waals surface area contributed by atoms with E-state index in [1.807, 2.05) is 74.5 Å². The van der Waals surface area contributed by atoms with Crippen LogP contribution in [0.4, 0.5) is 5.69 Å². The fourth-order valence-electron chi connectivity index (χ4n) is 4.39. The van der Waals surface area contributed by atoms with Gasteiger partial charge in [-0.1, -0.05) is 83.9 Å². The van der Waals surface area contributed by atoms with Gasteiger partial charge in [-0.25, -0.2) is 13.8 Å². The lowest BCUT2D eigenvalue weighted by Gasteiger charge is -2.24. The van der Waals surface area contributed by atoms with E-state index in [1.165, 1.54) is 0 Å². The van der Waals surface area contributed by atoms with Crippen LogP contribution in [0.15, 0.2) is 113 Å². The van der Waals surface area contributed by atoms with Gasteiger partial charge in [0.15, 0.2) is 0 Å². The molecule has 0 spiro atoms. The zero-order chi connectivity index (χ0) is 26.7. The Balaban J connectivity index is 1.44. The van der Waals surface area contributed by atoms with Crippen LogP contribution in [0, 0.1) is 13.8 Å². The first-order valence-corrected chi connectivity index (χ1v) is 13.7. The summed E-state index contributed by atoms with van der Waals surface area (Å²) in [4.78, 5) is 13.1. The molecule has 0 aromatic heterocycles. The number of carbonyl (C=O) groups excluding carboxylic acids is 1. The molecule has 5 aromatic carbocycles. The predicted molar refractivity (Wildman–Crippen MR) is 154 cm³/mol. The lowest BCUT2D eigenvalue weighted by molar-refractivity contribution is -0.119. The molecular formula is C31H27N3O3S. The Morgan fingerprint density at radius 1 is 0.789 bits per heavy atom. The molecule has 0 aliphatic heterocycles. The maximum atomic E-state index is 13.6.